The largest absolute Gasteiger partial charge is 0.508 e. The Morgan fingerprint density at radius 2 is 1.91 bits per heavy atom. The number of likely N-dealkylation sites (tertiary alicyclic amines) is 1. The van der Waals surface area contributed by atoms with E-state index in [-0.39, 0.29) is 39.9 Å². The van der Waals surface area contributed by atoms with E-state index in [0.717, 1.165) is 23.9 Å². The van der Waals surface area contributed by atoms with Gasteiger partial charge in [0.1, 0.15) is 16.8 Å². The van der Waals surface area contributed by atoms with Crippen LogP contribution in [0, 0.1) is 5.82 Å². The van der Waals surface area contributed by atoms with Crippen molar-refractivity contribution in [3.63, 3.8) is 0 Å². The van der Waals surface area contributed by atoms with Crippen LogP contribution in [0.3, 0.4) is 0 Å². The van der Waals surface area contributed by atoms with Gasteiger partial charge in [-0.2, -0.15) is 0 Å². The van der Waals surface area contributed by atoms with Gasteiger partial charge in [0.05, 0.1) is 29.0 Å². The quantitative estimate of drug-likeness (QED) is 0.262. The molecule has 2 fully saturated rings. The number of carbonyl (C=O) groups is 1. The number of imidazole rings is 1. The van der Waals surface area contributed by atoms with E-state index < -0.39 is 5.82 Å². The first-order valence-electron chi connectivity index (χ1n) is 14.5. The standard InChI is InChI=1S/C33H32ClFN6O3/c1-5-27(43)39-15-25(26(16-39)44-4)41-17-36-31-32(41)23-12-24(34)28(22-11-20(42)10-18-8-6-7-9-21(18)22)29(35)30(23)37-33(31)40-13-19(14-40)38(2)3/h5-12,17,19,25-26,42H,1,13-16H2,2-4H3/t25-,26-/m1/s1. The molecule has 0 bridgehead atoms. The number of amides is 1. The number of benzene rings is 3. The molecule has 7 rings (SSSR count). The van der Waals surface area contributed by atoms with Gasteiger partial charge in [-0.15, -0.1) is 0 Å². The number of nitrogens with zero attached hydrogens (tertiary/aromatic N) is 6. The first-order chi connectivity index (χ1) is 21.2. The fraction of sp³-hybridized carbons (Fsp3) is 0.303. The molecule has 2 saturated heterocycles. The number of hydrogen-bond donors (Lipinski definition) is 1. The molecule has 2 atom stereocenters. The lowest BCUT2D eigenvalue weighted by atomic mass is 9.95. The van der Waals surface area contributed by atoms with Gasteiger partial charge in [0.2, 0.25) is 5.91 Å². The molecule has 1 amide bonds. The molecule has 226 valence electrons. The van der Waals surface area contributed by atoms with Crippen molar-refractivity contribution in [3.8, 4) is 16.9 Å². The van der Waals surface area contributed by atoms with E-state index in [1.165, 1.54) is 12.1 Å². The van der Waals surface area contributed by atoms with Crippen molar-refractivity contribution in [2.45, 2.75) is 18.2 Å². The summed E-state index contributed by atoms with van der Waals surface area (Å²) in [5, 5.41) is 12.8. The molecule has 5 aromatic rings. The molecule has 2 aromatic heterocycles. The van der Waals surface area contributed by atoms with Gasteiger partial charge in [-0.3, -0.25) is 4.79 Å². The molecule has 4 heterocycles. The van der Waals surface area contributed by atoms with Crippen LogP contribution < -0.4 is 4.90 Å². The van der Waals surface area contributed by atoms with Gasteiger partial charge in [0.15, 0.2) is 11.6 Å². The number of aromatic hydroxyl groups is 1. The molecule has 11 heteroatoms. The Bertz CT molecular complexity index is 1970. The zero-order chi connectivity index (χ0) is 30.9. The Balaban J connectivity index is 1.48. The highest BCUT2D eigenvalue weighted by molar-refractivity contribution is 6.35. The molecule has 2 aliphatic heterocycles. The van der Waals surface area contributed by atoms with Gasteiger partial charge < -0.3 is 29.1 Å². The second kappa shape index (κ2) is 10.7. The van der Waals surface area contributed by atoms with Gasteiger partial charge >= 0.3 is 0 Å². The third kappa shape index (κ3) is 4.39. The Kier molecular flexibility index (Phi) is 6.95. The fourth-order valence-electron chi connectivity index (χ4n) is 6.59. The monoisotopic (exact) mass is 614 g/mol. The summed E-state index contributed by atoms with van der Waals surface area (Å²) >= 11 is 6.93. The summed E-state index contributed by atoms with van der Waals surface area (Å²) in [7, 11) is 5.69. The van der Waals surface area contributed by atoms with Crippen LogP contribution in [-0.4, -0.2) is 94.9 Å². The SMILES string of the molecule is C=CC(=O)N1C[C@@H](n2cnc3c(N4CC(N(C)C)C4)nc4c(F)c(-c5cc(O)cc6ccccc56)c(Cl)cc4c32)[C@H](OC)C1. The highest BCUT2D eigenvalue weighted by atomic mass is 35.5. The minimum Gasteiger partial charge on any atom is -0.508 e. The Morgan fingerprint density at radius 3 is 2.64 bits per heavy atom. The van der Waals surface area contributed by atoms with Crippen LogP contribution in [0.1, 0.15) is 6.04 Å². The highest BCUT2D eigenvalue weighted by Crippen LogP contribution is 2.44. The number of phenols is 1. The molecule has 1 N–H and O–H groups in total. The second-order valence-corrected chi connectivity index (χ2v) is 12.2. The number of halogens is 2. The second-order valence-electron chi connectivity index (χ2n) is 11.8. The summed E-state index contributed by atoms with van der Waals surface area (Å²) in [6.07, 6.45) is 2.70. The van der Waals surface area contributed by atoms with Crippen molar-refractivity contribution in [2.24, 2.45) is 0 Å². The topological polar surface area (TPSA) is 87.0 Å². The summed E-state index contributed by atoms with van der Waals surface area (Å²) in [5.74, 6) is -0.166. The van der Waals surface area contributed by atoms with E-state index in [2.05, 4.69) is 16.4 Å². The van der Waals surface area contributed by atoms with Crippen molar-refractivity contribution in [1.29, 1.82) is 0 Å². The summed E-state index contributed by atoms with van der Waals surface area (Å²) in [4.78, 5) is 28.2. The molecule has 44 heavy (non-hydrogen) atoms. The van der Waals surface area contributed by atoms with Gasteiger partial charge in [-0.05, 0) is 54.7 Å². The predicted octanol–water partition coefficient (Wildman–Crippen LogP) is 5.24. The number of pyridine rings is 1. The van der Waals surface area contributed by atoms with Crippen LogP contribution in [-0.2, 0) is 9.53 Å². The number of anilines is 1. The lowest BCUT2D eigenvalue weighted by Gasteiger charge is -2.43. The van der Waals surface area contributed by atoms with Gasteiger partial charge in [-0.1, -0.05) is 42.4 Å². The number of fused-ring (bicyclic) bond motifs is 4. The maximum atomic E-state index is 17.0. The van der Waals surface area contributed by atoms with E-state index in [4.69, 9.17) is 26.3 Å². The number of carbonyl (C=O) groups excluding carboxylic acids is 1. The summed E-state index contributed by atoms with van der Waals surface area (Å²) in [5.41, 5.74) is 2.10. The molecule has 9 nitrogen and oxygen atoms in total. The molecular formula is C33H32ClFN6O3. The van der Waals surface area contributed by atoms with E-state index in [1.807, 2.05) is 42.9 Å². The smallest absolute Gasteiger partial charge is 0.246 e. The van der Waals surface area contributed by atoms with Crippen LogP contribution in [0.25, 0.3) is 43.8 Å². The van der Waals surface area contributed by atoms with E-state index >= 15 is 4.39 Å². The first kappa shape index (κ1) is 28.5. The lowest BCUT2D eigenvalue weighted by Crippen LogP contribution is -2.57. The Hall–Kier alpha value is -4.25. The summed E-state index contributed by atoms with van der Waals surface area (Å²) in [6, 6.07) is 12.4. The minimum absolute atomic E-state index is 0.0113. The molecule has 0 aliphatic carbocycles. The van der Waals surface area contributed by atoms with Crippen LogP contribution in [0.5, 0.6) is 5.75 Å². The van der Waals surface area contributed by atoms with Crippen molar-refractivity contribution >= 4 is 56.0 Å². The number of rotatable bonds is 6. The van der Waals surface area contributed by atoms with E-state index in [9.17, 15) is 9.90 Å². The third-order valence-electron chi connectivity index (χ3n) is 9.06. The minimum atomic E-state index is -0.581. The van der Waals surface area contributed by atoms with Crippen LogP contribution in [0.2, 0.25) is 5.02 Å². The zero-order valence-corrected chi connectivity index (χ0v) is 25.4. The van der Waals surface area contributed by atoms with Gasteiger partial charge in [-0.25, -0.2) is 14.4 Å². The number of methoxy groups -OCH3 is 1. The van der Waals surface area contributed by atoms with Crippen molar-refractivity contribution in [3.05, 3.63) is 72.3 Å². The molecule has 0 unspecified atom stereocenters. The first-order valence-corrected chi connectivity index (χ1v) is 14.8. The third-order valence-corrected chi connectivity index (χ3v) is 9.36. The predicted molar refractivity (Wildman–Crippen MR) is 171 cm³/mol. The number of hydrogen-bond acceptors (Lipinski definition) is 7. The van der Waals surface area contributed by atoms with Crippen molar-refractivity contribution in [1.82, 2.24) is 24.3 Å². The molecule has 3 aromatic carbocycles. The van der Waals surface area contributed by atoms with Crippen molar-refractivity contribution in [2.75, 3.05) is 52.3 Å². The van der Waals surface area contributed by atoms with Crippen LogP contribution in [0.15, 0.2) is 61.4 Å². The number of ether oxygens (including phenoxy) is 1. The number of aromatic nitrogens is 3. The normalized spacial score (nSPS) is 19.0. The molecule has 0 radical (unpaired) electrons. The molecule has 0 saturated carbocycles. The maximum Gasteiger partial charge on any atom is 0.246 e. The van der Waals surface area contributed by atoms with Gasteiger partial charge in [0.25, 0.3) is 0 Å². The Morgan fingerprint density at radius 1 is 1.14 bits per heavy atom. The zero-order valence-electron chi connectivity index (χ0n) is 24.7. The summed E-state index contributed by atoms with van der Waals surface area (Å²) in [6.45, 7) is 5.85. The molecule has 0 spiro atoms. The maximum absolute atomic E-state index is 17.0. The van der Waals surface area contributed by atoms with E-state index in [0.29, 0.717) is 46.9 Å². The number of phenolic OH excluding ortho intramolecular Hbond substituents is 1. The molecular weight excluding hydrogens is 583 g/mol. The highest BCUT2D eigenvalue weighted by Gasteiger charge is 2.38. The Labute approximate surface area is 258 Å². The average Bonchev–Trinajstić information content (AvgIpc) is 3.61. The van der Waals surface area contributed by atoms with Crippen LogP contribution >= 0.6 is 11.6 Å². The number of likely N-dealkylation sites (N-methyl/N-ethyl adjacent to an activating group) is 1. The molecule has 2 aliphatic rings. The lowest BCUT2D eigenvalue weighted by molar-refractivity contribution is -0.125. The fourth-order valence-corrected chi connectivity index (χ4v) is 6.88. The summed E-state index contributed by atoms with van der Waals surface area (Å²) < 4.78 is 24.8. The van der Waals surface area contributed by atoms with E-state index in [1.54, 1.807) is 30.5 Å². The van der Waals surface area contributed by atoms with Crippen molar-refractivity contribution < 1.29 is 19.0 Å². The average molecular weight is 615 g/mol. The van der Waals surface area contributed by atoms with Gasteiger partial charge in [0, 0.05) is 50.3 Å². The van der Waals surface area contributed by atoms with Crippen LogP contribution in [0.4, 0.5) is 10.2 Å².